The molecule has 2 fully saturated rings. The average Bonchev–Trinajstić information content (AvgIpc) is 3.16. The lowest BCUT2D eigenvalue weighted by Crippen LogP contribution is -2.43. The maximum atomic E-state index is 12.7. The van der Waals surface area contributed by atoms with Gasteiger partial charge in [0, 0.05) is 40.3 Å². The van der Waals surface area contributed by atoms with Crippen LogP contribution in [0.2, 0.25) is 0 Å². The van der Waals surface area contributed by atoms with Crippen LogP contribution in [0, 0.1) is 5.41 Å². The number of hydrogen-bond donors (Lipinski definition) is 2. The van der Waals surface area contributed by atoms with Crippen molar-refractivity contribution in [3.05, 3.63) is 0 Å². The lowest BCUT2D eigenvalue weighted by Gasteiger charge is -2.29. The number of carbonyl (C=O) groups is 1. The number of carbonyl (C=O) groups excluding carboxylic acids is 1. The highest BCUT2D eigenvalue weighted by Crippen LogP contribution is 2.39. The Morgan fingerprint density at radius 2 is 1.85 bits per heavy atom. The quantitative estimate of drug-likeness (QED) is 0.358. The lowest BCUT2D eigenvalue weighted by molar-refractivity contribution is -0.138. The highest BCUT2D eigenvalue weighted by molar-refractivity contribution is 5.84. The van der Waals surface area contributed by atoms with Crippen molar-refractivity contribution < 1.29 is 9.53 Å². The number of hydrogen-bond acceptors (Lipinski definition) is 4. The van der Waals surface area contributed by atoms with Crippen molar-refractivity contribution in [3.8, 4) is 0 Å². The van der Waals surface area contributed by atoms with E-state index in [1.54, 1.807) is 4.90 Å². The van der Waals surface area contributed by atoms with Crippen LogP contribution in [0.4, 0.5) is 0 Å². The van der Waals surface area contributed by atoms with Gasteiger partial charge in [-0.25, -0.2) is 0 Å². The summed E-state index contributed by atoms with van der Waals surface area (Å²) < 4.78 is 5.39. The monoisotopic (exact) mass is 381 g/mol. The van der Waals surface area contributed by atoms with Crippen molar-refractivity contribution in [1.29, 1.82) is 0 Å². The Hall–Kier alpha value is -1.34. The van der Waals surface area contributed by atoms with E-state index < -0.39 is 0 Å². The molecule has 0 unspecified atom stereocenters. The molecule has 7 heteroatoms. The van der Waals surface area contributed by atoms with Gasteiger partial charge in [0.1, 0.15) is 0 Å². The second-order valence-electron chi connectivity index (χ2n) is 7.97. The van der Waals surface area contributed by atoms with Gasteiger partial charge in [0.2, 0.25) is 5.91 Å². The summed E-state index contributed by atoms with van der Waals surface area (Å²) in [5.74, 6) is 1.06. The van der Waals surface area contributed by atoms with Crippen LogP contribution in [0.15, 0.2) is 4.99 Å². The standard InChI is InChI=1S/C20H39N5O2/c1-4-21-19(22-11-7-8-12-25-13-15-27-16-14-25)23-17-20(9-5-6-10-20)18(26)24(2)3/h4-17H2,1-3H3,(H2,21,22,23). The van der Waals surface area contributed by atoms with Crippen LogP contribution in [0.1, 0.15) is 45.4 Å². The fourth-order valence-corrected chi connectivity index (χ4v) is 4.03. The molecule has 1 saturated carbocycles. The summed E-state index contributed by atoms with van der Waals surface area (Å²) in [6.45, 7) is 9.36. The van der Waals surface area contributed by atoms with E-state index in [1.807, 2.05) is 14.1 Å². The lowest BCUT2D eigenvalue weighted by atomic mass is 9.85. The molecule has 2 aliphatic rings. The van der Waals surface area contributed by atoms with Crippen LogP contribution in [0.25, 0.3) is 0 Å². The average molecular weight is 382 g/mol. The number of rotatable bonds is 9. The Labute approximate surface area is 164 Å². The summed E-state index contributed by atoms with van der Waals surface area (Å²) >= 11 is 0. The Morgan fingerprint density at radius 3 is 2.48 bits per heavy atom. The number of ether oxygens (including phenoxy) is 1. The fraction of sp³-hybridized carbons (Fsp3) is 0.900. The third kappa shape index (κ3) is 6.96. The third-order valence-electron chi connectivity index (χ3n) is 5.60. The molecule has 0 aromatic carbocycles. The summed E-state index contributed by atoms with van der Waals surface area (Å²) in [7, 11) is 3.70. The molecule has 2 rings (SSSR count). The molecule has 1 aliphatic heterocycles. The van der Waals surface area contributed by atoms with Crippen LogP contribution >= 0.6 is 0 Å². The first-order chi connectivity index (χ1) is 13.1. The zero-order valence-corrected chi connectivity index (χ0v) is 17.6. The molecule has 1 saturated heterocycles. The second kappa shape index (κ2) is 11.5. The molecule has 1 amide bonds. The van der Waals surface area contributed by atoms with Gasteiger partial charge >= 0.3 is 0 Å². The minimum absolute atomic E-state index is 0.227. The van der Waals surface area contributed by atoms with Gasteiger partial charge in [-0.3, -0.25) is 14.7 Å². The Balaban J connectivity index is 1.77. The van der Waals surface area contributed by atoms with Gasteiger partial charge in [-0.1, -0.05) is 12.8 Å². The highest BCUT2D eigenvalue weighted by atomic mass is 16.5. The molecule has 156 valence electrons. The number of guanidine groups is 1. The maximum absolute atomic E-state index is 12.7. The SMILES string of the molecule is CCNC(=NCC1(C(=O)N(C)C)CCCC1)NCCCCN1CCOCC1. The summed E-state index contributed by atoms with van der Waals surface area (Å²) in [4.78, 5) is 21.7. The Bertz CT molecular complexity index is 469. The van der Waals surface area contributed by atoms with Crippen molar-refractivity contribution in [2.75, 3.05) is 66.6 Å². The normalized spacial score (nSPS) is 20.5. The predicted octanol–water partition coefficient (Wildman–Crippen LogP) is 1.30. The molecule has 27 heavy (non-hydrogen) atoms. The smallest absolute Gasteiger partial charge is 0.230 e. The summed E-state index contributed by atoms with van der Waals surface area (Å²) in [6.07, 6.45) is 6.44. The van der Waals surface area contributed by atoms with Crippen LogP contribution in [-0.2, 0) is 9.53 Å². The third-order valence-corrected chi connectivity index (χ3v) is 5.60. The van der Waals surface area contributed by atoms with Gasteiger partial charge in [0.15, 0.2) is 5.96 Å². The largest absolute Gasteiger partial charge is 0.379 e. The molecule has 1 aliphatic carbocycles. The van der Waals surface area contributed by atoms with Crippen LogP contribution in [0.5, 0.6) is 0 Å². The minimum Gasteiger partial charge on any atom is -0.379 e. The van der Waals surface area contributed by atoms with Gasteiger partial charge in [0.25, 0.3) is 0 Å². The van der Waals surface area contributed by atoms with Crippen molar-refractivity contribution in [2.24, 2.45) is 10.4 Å². The van der Waals surface area contributed by atoms with Crippen molar-refractivity contribution in [2.45, 2.75) is 45.4 Å². The van der Waals surface area contributed by atoms with Gasteiger partial charge < -0.3 is 20.3 Å². The molecular weight excluding hydrogens is 342 g/mol. The van der Waals surface area contributed by atoms with Crippen molar-refractivity contribution >= 4 is 11.9 Å². The van der Waals surface area contributed by atoms with Crippen LogP contribution in [0.3, 0.4) is 0 Å². The number of aliphatic imine (C=N–C) groups is 1. The molecule has 0 atom stereocenters. The topological polar surface area (TPSA) is 69.2 Å². The number of unbranched alkanes of at least 4 members (excludes halogenated alkanes) is 1. The molecule has 0 aromatic rings. The van der Waals surface area contributed by atoms with Gasteiger partial charge in [-0.2, -0.15) is 0 Å². The van der Waals surface area contributed by atoms with E-state index in [0.29, 0.717) is 6.54 Å². The molecule has 0 radical (unpaired) electrons. The molecule has 0 spiro atoms. The zero-order valence-electron chi connectivity index (χ0n) is 17.6. The van der Waals surface area contributed by atoms with E-state index in [1.165, 1.54) is 6.42 Å². The van der Waals surface area contributed by atoms with Gasteiger partial charge in [-0.05, 0) is 39.2 Å². The van der Waals surface area contributed by atoms with E-state index in [-0.39, 0.29) is 11.3 Å². The summed E-state index contributed by atoms with van der Waals surface area (Å²) in [6, 6.07) is 0. The van der Waals surface area contributed by atoms with E-state index >= 15 is 0 Å². The van der Waals surface area contributed by atoms with Crippen LogP contribution in [-0.4, -0.2) is 88.2 Å². The van der Waals surface area contributed by atoms with E-state index in [9.17, 15) is 4.79 Å². The molecule has 7 nitrogen and oxygen atoms in total. The summed E-state index contributed by atoms with van der Waals surface area (Å²) in [5.41, 5.74) is -0.303. The molecular formula is C20H39N5O2. The molecule has 2 N–H and O–H groups in total. The Kier molecular flexibility index (Phi) is 9.34. The van der Waals surface area contributed by atoms with Crippen molar-refractivity contribution in [3.63, 3.8) is 0 Å². The number of nitrogens with zero attached hydrogens (tertiary/aromatic N) is 3. The molecule has 1 heterocycles. The minimum atomic E-state index is -0.303. The first-order valence-electron chi connectivity index (χ1n) is 10.6. The van der Waals surface area contributed by atoms with Crippen LogP contribution < -0.4 is 10.6 Å². The number of amides is 1. The molecule has 0 aromatic heterocycles. The maximum Gasteiger partial charge on any atom is 0.230 e. The fourth-order valence-electron chi connectivity index (χ4n) is 4.03. The van der Waals surface area contributed by atoms with Gasteiger partial charge in [0.05, 0.1) is 25.2 Å². The highest BCUT2D eigenvalue weighted by Gasteiger charge is 2.42. The van der Waals surface area contributed by atoms with Crippen molar-refractivity contribution in [1.82, 2.24) is 20.4 Å². The van der Waals surface area contributed by atoms with E-state index in [4.69, 9.17) is 9.73 Å². The summed E-state index contributed by atoms with van der Waals surface area (Å²) in [5, 5.41) is 6.76. The van der Waals surface area contributed by atoms with E-state index in [0.717, 1.165) is 84.0 Å². The number of nitrogens with one attached hydrogen (secondary N) is 2. The first kappa shape index (κ1) is 22.0. The second-order valence-corrected chi connectivity index (χ2v) is 7.97. The number of morpholine rings is 1. The molecule has 0 bridgehead atoms. The zero-order chi connectivity index (χ0) is 19.5. The van der Waals surface area contributed by atoms with Gasteiger partial charge in [-0.15, -0.1) is 0 Å². The predicted molar refractivity (Wildman–Crippen MR) is 110 cm³/mol. The Morgan fingerprint density at radius 1 is 1.15 bits per heavy atom. The first-order valence-corrected chi connectivity index (χ1v) is 10.6. The van der Waals surface area contributed by atoms with E-state index in [2.05, 4.69) is 22.5 Å².